The number of carbonyl (C=O) groups excluding carboxylic acids is 2. The largest absolute Gasteiger partial charge is 0.426 e. The highest BCUT2D eigenvalue weighted by atomic mass is 16.5. The smallest absolute Gasteiger partial charge is 0.315 e. The number of esters is 1. The van der Waals surface area contributed by atoms with E-state index in [2.05, 4.69) is 0 Å². The van der Waals surface area contributed by atoms with E-state index in [1.54, 1.807) is 18.2 Å². The van der Waals surface area contributed by atoms with E-state index in [0.29, 0.717) is 17.7 Å². The number of rotatable bonds is 4. The van der Waals surface area contributed by atoms with Gasteiger partial charge >= 0.3 is 5.97 Å². The van der Waals surface area contributed by atoms with Crippen molar-refractivity contribution in [3.8, 4) is 0 Å². The number of benzene rings is 2. The third-order valence-electron chi connectivity index (χ3n) is 4.14. The fraction of sp³-hybridized carbons (Fsp3) is 0.200. The van der Waals surface area contributed by atoms with Crippen molar-refractivity contribution < 1.29 is 14.3 Å². The van der Waals surface area contributed by atoms with Gasteiger partial charge in [0.15, 0.2) is 5.78 Å². The molecule has 0 saturated heterocycles. The molecule has 2 aromatic rings. The van der Waals surface area contributed by atoms with Crippen molar-refractivity contribution in [1.82, 2.24) is 0 Å². The lowest BCUT2D eigenvalue weighted by molar-refractivity contribution is -0.143. The highest BCUT2D eigenvalue weighted by Gasteiger charge is 2.37. The lowest BCUT2D eigenvalue weighted by Gasteiger charge is -2.27. The van der Waals surface area contributed by atoms with Crippen LogP contribution < -0.4 is 0 Å². The molecule has 3 heteroatoms. The Morgan fingerprint density at radius 2 is 1.61 bits per heavy atom. The molecule has 0 aliphatic carbocycles. The summed E-state index contributed by atoms with van der Waals surface area (Å²) in [5.74, 6) is -0.825. The maximum Gasteiger partial charge on any atom is 0.315 e. The van der Waals surface area contributed by atoms with Crippen LogP contribution in [0.4, 0.5) is 0 Å². The molecule has 0 aromatic heterocycles. The molecule has 0 bridgehead atoms. The predicted octanol–water partition coefficient (Wildman–Crippen LogP) is 4.11. The van der Waals surface area contributed by atoms with Crippen LogP contribution in [-0.2, 0) is 9.53 Å². The summed E-state index contributed by atoms with van der Waals surface area (Å²) >= 11 is 0. The monoisotopic (exact) mass is 306 g/mol. The summed E-state index contributed by atoms with van der Waals surface area (Å²) in [7, 11) is 0. The molecule has 2 aromatic carbocycles. The van der Waals surface area contributed by atoms with Gasteiger partial charge in [-0.1, -0.05) is 67.6 Å². The van der Waals surface area contributed by atoms with E-state index in [4.69, 9.17) is 4.74 Å². The van der Waals surface area contributed by atoms with Crippen LogP contribution in [-0.4, -0.2) is 11.8 Å². The van der Waals surface area contributed by atoms with Crippen molar-refractivity contribution in [3.63, 3.8) is 0 Å². The molecule has 1 aliphatic heterocycles. The summed E-state index contributed by atoms with van der Waals surface area (Å²) in [6.07, 6.45) is 2.36. The lowest BCUT2D eigenvalue weighted by atomic mass is 9.81. The molecule has 116 valence electrons. The number of Topliss-reactive ketones (excluding diaryl/α,β-unsaturated/α-hetero) is 1. The standard InChI is InChI=1S/C20H18O3/c1-2-16-17(19(21)15-11-7-4-8-12-15)13-18(23-20(16)22)14-9-5-3-6-10-14/h3-13,16-17H,2H2,1H3/t16-,17+/m0/s1. The van der Waals surface area contributed by atoms with Crippen LogP contribution in [0.3, 0.4) is 0 Å². The number of ether oxygens (including phenoxy) is 1. The Hall–Kier alpha value is -2.68. The summed E-state index contributed by atoms with van der Waals surface area (Å²) in [4.78, 5) is 25.2. The van der Waals surface area contributed by atoms with Gasteiger partial charge in [0.05, 0.1) is 11.8 Å². The van der Waals surface area contributed by atoms with E-state index < -0.39 is 11.8 Å². The summed E-state index contributed by atoms with van der Waals surface area (Å²) in [6, 6.07) is 18.5. The minimum atomic E-state index is -0.487. The first kappa shape index (κ1) is 15.2. The third kappa shape index (κ3) is 3.09. The van der Waals surface area contributed by atoms with Crippen molar-refractivity contribution in [2.75, 3.05) is 0 Å². The Bertz CT molecular complexity index is 732. The zero-order chi connectivity index (χ0) is 16.2. The molecule has 0 amide bonds. The van der Waals surface area contributed by atoms with E-state index in [-0.39, 0.29) is 11.8 Å². The van der Waals surface area contributed by atoms with Gasteiger partial charge < -0.3 is 4.74 Å². The SMILES string of the molecule is CC[C@@H]1C(=O)OC(c2ccccc2)=C[C@H]1C(=O)c1ccccc1. The van der Waals surface area contributed by atoms with Crippen LogP contribution in [0, 0.1) is 11.8 Å². The van der Waals surface area contributed by atoms with E-state index >= 15 is 0 Å². The minimum absolute atomic E-state index is 0.0393. The van der Waals surface area contributed by atoms with E-state index in [9.17, 15) is 9.59 Å². The Morgan fingerprint density at radius 1 is 1.00 bits per heavy atom. The van der Waals surface area contributed by atoms with Gasteiger partial charge in [-0.2, -0.15) is 0 Å². The molecule has 1 heterocycles. The van der Waals surface area contributed by atoms with Crippen molar-refractivity contribution in [1.29, 1.82) is 0 Å². The van der Waals surface area contributed by atoms with Crippen LogP contribution in [0.1, 0.15) is 29.3 Å². The molecule has 0 unspecified atom stereocenters. The lowest BCUT2D eigenvalue weighted by Crippen LogP contribution is -2.33. The summed E-state index contributed by atoms with van der Waals surface area (Å²) in [5, 5.41) is 0. The quantitative estimate of drug-likeness (QED) is 0.630. The minimum Gasteiger partial charge on any atom is -0.426 e. The zero-order valence-electron chi connectivity index (χ0n) is 12.9. The summed E-state index contributed by atoms with van der Waals surface area (Å²) < 4.78 is 5.46. The molecule has 0 N–H and O–H groups in total. The first-order valence-corrected chi connectivity index (χ1v) is 7.79. The van der Waals surface area contributed by atoms with Crippen molar-refractivity contribution >= 4 is 17.5 Å². The predicted molar refractivity (Wildman–Crippen MR) is 88.6 cm³/mol. The molecule has 3 rings (SSSR count). The van der Waals surface area contributed by atoms with E-state index in [1.165, 1.54) is 0 Å². The highest BCUT2D eigenvalue weighted by molar-refractivity contribution is 6.03. The van der Waals surface area contributed by atoms with Crippen LogP contribution >= 0.6 is 0 Å². The van der Waals surface area contributed by atoms with Crippen LogP contribution in [0.2, 0.25) is 0 Å². The van der Waals surface area contributed by atoms with Gasteiger partial charge in [-0.3, -0.25) is 9.59 Å². The number of hydrogen-bond donors (Lipinski definition) is 0. The second-order valence-corrected chi connectivity index (χ2v) is 5.59. The number of hydrogen-bond acceptors (Lipinski definition) is 3. The van der Waals surface area contributed by atoms with E-state index in [1.807, 2.05) is 55.5 Å². The average Bonchev–Trinajstić information content (AvgIpc) is 2.62. The molecule has 1 aliphatic rings. The highest BCUT2D eigenvalue weighted by Crippen LogP contribution is 2.33. The Kier molecular flexibility index (Phi) is 4.38. The Balaban J connectivity index is 2.00. The van der Waals surface area contributed by atoms with Crippen molar-refractivity contribution in [2.45, 2.75) is 13.3 Å². The van der Waals surface area contributed by atoms with E-state index in [0.717, 1.165) is 5.56 Å². The second-order valence-electron chi connectivity index (χ2n) is 5.59. The van der Waals surface area contributed by atoms with Gasteiger partial charge in [-0.05, 0) is 12.5 Å². The number of carbonyl (C=O) groups is 2. The number of allylic oxidation sites excluding steroid dienone is 1. The zero-order valence-corrected chi connectivity index (χ0v) is 12.9. The molecular weight excluding hydrogens is 288 g/mol. The third-order valence-corrected chi connectivity index (χ3v) is 4.14. The molecule has 2 atom stereocenters. The van der Waals surface area contributed by atoms with Crippen molar-refractivity contribution in [2.24, 2.45) is 11.8 Å². The van der Waals surface area contributed by atoms with Crippen LogP contribution in [0.15, 0.2) is 66.7 Å². The normalized spacial score (nSPS) is 20.6. The first-order chi connectivity index (χ1) is 11.2. The Morgan fingerprint density at radius 3 is 2.22 bits per heavy atom. The maximum atomic E-state index is 12.8. The topological polar surface area (TPSA) is 43.4 Å². The molecular formula is C20H18O3. The van der Waals surface area contributed by atoms with Crippen LogP contribution in [0.5, 0.6) is 0 Å². The molecule has 0 spiro atoms. The second kappa shape index (κ2) is 6.61. The first-order valence-electron chi connectivity index (χ1n) is 7.79. The van der Waals surface area contributed by atoms with Crippen molar-refractivity contribution in [3.05, 3.63) is 77.9 Å². The molecule has 3 nitrogen and oxygen atoms in total. The van der Waals surface area contributed by atoms with Gasteiger partial charge in [0.2, 0.25) is 0 Å². The maximum absolute atomic E-state index is 12.8. The summed E-state index contributed by atoms with van der Waals surface area (Å²) in [6.45, 7) is 1.90. The number of ketones is 1. The fourth-order valence-electron chi connectivity index (χ4n) is 2.88. The molecule has 0 fully saturated rings. The van der Waals surface area contributed by atoms with Crippen LogP contribution in [0.25, 0.3) is 5.76 Å². The van der Waals surface area contributed by atoms with Gasteiger partial charge in [-0.25, -0.2) is 0 Å². The molecule has 23 heavy (non-hydrogen) atoms. The molecule has 0 radical (unpaired) electrons. The number of cyclic esters (lactones) is 1. The van der Waals surface area contributed by atoms with Gasteiger partial charge in [0.25, 0.3) is 0 Å². The van der Waals surface area contributed by atoms with Gasteiger partial charge in [-0.15, -0.1) is 0 Å². The Labute approximate surface area is 135 Å². The average molecular weight is 306 g/mol. The fourth-order valence-corrected chi connectivity index (χ4v) is 2.88. The van der Waals surface area contributed by atoms with Gasteiger partial charge in [0, 0.05) is 11.1 Å². The molecule has 0 saturated carbocycles. The van der Waals surface area contributed by atoms with Gasteiger partial charge in [0.1, 0.15) is 5.76 Å². The summed E-state index contributed by atoms with van der Waals surface area (Å²) in [5.41, 5.74) is 1.43.